The number of rotatable bonds is 4. The van der Waals surface area contributed by atoms with Crippen molar-refractivity contribution in [1.82, 2.24) is 8.87 Å². The second kappa shape index (κ2) is 7.46. The molecule has 2 heterocycles. The van der Waals surface area contributed by atoms with Gasteiger partial charge in [-0.05, 0) is 43.2 Å². The van der Waals surface area contributed by atoms with Crippen molar-refractivity contribution in [3.63, 3.8) is 0 Å². The minimum Gasteiger partial charge on any atom is -0.465 e. The van der Waals surface area contributed by atoms with Crippen LogP contribution in [0.5, 0.6) is 0 Å². The van der Waals surface area contributed by atoms with E-state index in [1.54, 1.807) is 24.3 Å². The minimum atomic E-state index is -3.54. The molecule has 0 aliphatic carbocycles. The number of para-hydroxylation sites is 1. The minimum absolute atomic E-state index is 0.170. The van der Waals surface area contributed by atoms with Crippen molar-refractivity contribution >= 4 is 32.8 Å². The number of hydrogen-bond donors (Lipinski definition) is 0. The highest BCUT2D eigenvalue weighted by Crippen LogP contribution is 2.25. The molecule has 0 atom stereocenters. The van der Waals surface area contributed by atoms with Gasteiger partial charge in [-0.3, -0.25) is 9.36 Å². The number of benzene rings is 2. The molecule has 0 bridgehead atoms. The Morgan fingerprint density at radius 2 is 1.62 bits per heavy atom. The van der Waals surface area contributed by atoms with Crippen molar-refractivity contribution in [2.75, 3.05) is 20.2 Å². The molecule has 0 unspecified atom stereocenters. The first-order valence-electron chi connectivity index (χ1n) is 9.27. The first-order chi connectivity index (χ1) is 13.9. The number of fused-ring (bicyclic) bond motifs is 1. The summed E-state index contributed by atoms with van der Waals surface area (Å²) in [6.07, 6.45) is 3.17. The summed E-state index contributed by atoms with van der Waals surface area (Å²) < 4.78 is 33.0. The molecule has 3 aromatic rings. The van der Waals surface area contributed by atoms with Gasteiger partial charge >= 0.3 is 5.97 Å². The van der Waals surface area contributed by atoms with Gasteiger partial charge in [0.2, 0.25) is 10.0 Å². The van der Waals surface area contributed by atoms with Gasteiger partial charge < -0.3 is 4.74 Å². The zero-order chi connectivity index (χ0) is 20.6. The zero-order valence-electron chi connectivity index (χ0n) is 15.9. The number of esters is 1. The monoisotopic (exact) mass is 412 g/mol. The summed E-state index contributed by atoms with van der Waals surface area (Å²) in [6, 6.07) is 12.9. The van der Waals surface area contributed by atoms with Gasteiger partial charge in [0.15, 0.2) is 0 Å². The average molecular weight is 412 g/mol. The van der Waals surface area contributed by atoms with Gasteiger partial charge in [-0.1, -0.05) is 18.2 Å². The van der Waals surface area contributed by atoms with Crippen LogP contribution >= 0.6 is 0 Å². The number of nitrogens with zero attached hydrogens (tertiary/aromatic N) is 2. The summed E-state index contributed by atoms with van der Waals surface area (Å²) in [7, 11) is -2.25. The van der Waals surface area contributed by atoms with Gasteiger partial charge in [-0.2, -0.15) is 4.31 Å². The summed E-state index contributed by atoms with van der Waals surface area (Å²) >= 11 is 0. The molecular formula is C21H20N2O5S. The van der Waals surface area contributed by atoms with Gasteiger partial charge in [0.05, 0.1) is 23.1 Å². The number of aromatic nitrogens is 1. The van der Waals surface area contributed by atoms with Crippen LogP contribution in [0.25, 0.3) is 10.9 Å². The number of ether oxygens (including phenoxy) is 1. The van der Waals surface area contributed by atoms with Gasteiger partial charge in [0, 0.05) is 30.2 Å². The molecule has 1 fully saturated rings. The molecule has 0 spiro atoms. The first-order valence-corrected chi connectivity index (χ1v) is 10.7. The fraction of sp³-hybridized carbons (Fsp3) is 0.238. The highest BCUT2D eigenvalue weighted by Gasteiger charge is 2.27. The fourth-order valence-electron chi connectivity index (χ4n) is 3.61. The lowest BCUT2D eigenvalue weighted by Gasteiger charge is -2.15. The third-order valence-electron chi connectivity index (χ3n) is 5.14. The smallest absolute Gasteiger partial charge is 0.340 e. The second-order valence-electron chi connectivity index (χ2n) is 6.86. The highest BCUT2D eigenvalue weighted by atomic mass is 32.2. The number of sulfonamides is 1. The predicted molar refractivity (Wildman–Crippen MR) is 107 cm³/mol. The molecule has 1 saturated heterocycles. The molecule has 0 saturated carbocycles. The van der Waals surface area contributed by atoms with Gasteiger partial charge in [0.1, 0.15) is 0 Å². The van der Waals surface area contributed by atoms with Crippen molar-refractivity contribution in [2.45, 2.75) is 17.7 Å². The van der Waals surface area contributed by atoms with Crippen molar-refractivity contribution in [3.05, 3.63) is 65.9 Å². The van der Waals surface area contributed by atoms with Crippen LogP contribution < -0.4 is 0 Å². The predicted octanol–water partition coefficient (Wildman–Crippen LogP) is 2.90. The molecule has 0 N–H and O–H groups in total. The van der Waals surface area contributed by atoms with E-state index in [0.29, 0.717) is 35.1 Å². The van der Waals surface area contributed by atoms with Crippen LogP contribution in [0.1, 0.15) is 33.6 Å². The van der Waals surface area contributed by atoms with Crippen LogP contribution in [0.3, 0.4) is 0 Å². The Balaban J connectivity index is 1.70. The van der Waals surface area contributed by atoms with E-state index in [9.17, 15) is 18.0 Å². The maximum atomic E-state index is 13.1. The Hall–Kier alpha value is -2.97. The first kappa shape index (κ1) is 19.4. The second-order valence-corrected chi connectivity index (χ2v) is 8.80. The van der Waals surface area contributed by atoms with E-state index in [-0.39, 0.29) is 10.8 Å². The molecule has 0 radical (unpaired) electrons. The molecular weight excluding hydrogens is 392 g/mol. The summed E-state index contributed by atoms with van der Waals surface area (Å²) in [4.78, 5) is 25.3. The Morgan fingerprint density at radius 1 is 0.966 bits per heavy atom. The Kier molecular flexibility index (Phi) is 4.97. The molecule has 150 valence electrons. The molecule has 1 aliphatic heterocycles. The van der Waals surface area contributed by atoms with Gasteiger partial charge in [-0.15, -0.1) is 0 Å². The molecule has 1 aliphatic rings. The number of carbonyl (C=O) groups excluding carboxylic acids is 2. The number of hydrogen-bond acceptors (Lipinski definition) is 5. The maximum Gasteiger partial charge on any atom is 0.340 e. The van der Waals surface area contributed by atoms with Crippen molar-refractivity contribution in [1.29, 1.82) is 0 Å². The molecule has 1 aromatic heterocycles. The van der Waals surface area contributed by atoms with Crippen LogP contribution in [-0.4, -0.2) is 49.4 Å². The normalized spacial score (nSPS) is 14.9. The maximum absolute atomic E-state index is 13.1. The third-order valence-corrected chi connectivity index (χ3v) is 7.05. The third kappa shape index (κ3) is 3.34. The van der Waals surface area contributed by atoms with E-state index >= 15 is 0 Å². The van der Waals surface area contributed by atoms with E-state index < -0.39 is 16.0 Å². The van der Waals surface area contributed by atoms with Crippen molar-refractivity contribution in [2.24, 2.45) is 0 Å². The standard InChI is InChI=1S/C21H20N2O5S/c1-28-21(25)18-14-23(19-7-3-2-6-17(18)19)20(24)15-8-10-16(11-9-15)29(26,27)22-12-4-5-13-22/h2-3,6-11,14H,4-5,12-13H2,1H3. The summed E-state index contributed by atoms with van der Waals surface area (Å²) in [5, 5.41) is 0.612. The Labute approximate surface area is 168 Å². The molecule has 7 nitrogen and oxygen atoms in total. The molecule has 8 heteroatoms. The van der Waals surface area contributed by atoms with Crippen LogP contribution in [0.4, 0.5) is 0 Å². The SMILES string of the molecule is COC(=O)c1cn(C(=O)c2ccc(S(=O)(=O)N3CCCC3)cc2)c2ccccc12. The van der Waals surface area contributed by atoms with E-state index in [1.807, 2.05) is 0 Å². The van der Waals surface area contributed by atoms with E-state index in [4.69, 9.17) is 4.74 Å². The summed E-state index contributed by atoms with van der Waals surface area (Å²) in [5.74, 6) is -0.888. The van der Waals surface area contributed by atoms with Crippen LogP contribution in [0, 0.1) is 0 Å². The quantitative estimate of drug-likeness (QED) is 0.615. The summed E-state index contributed by atoms with van der Waals surface area (Å²) in [5.41, 5.74) is 1.19. The number of methoxy groups -OCH3 is 1. The molecule has 4 rings (SSSR count). The molecule has 0 amide bonds. The van der Waals surface area contributed by atoms with Gasteiger partial charge in [0.25, 0.3) is 5.91 Å². The Morgan fingerprint density at radius 3 is 2.28 bits per heavy atom. The van der Waals surface area contributed by atoms with Crippen LogP contribution in [0.2, 0.25) is 0 Å². The Bertz CT molecular complexity index is 1190. The van der Waals surface area contributed by atoms with E-state index in [1.165, 1.54) is 46.4 Å². The average Bonchev–Trinajstić information content (AvgIpc) is 3.41. The lowest BCUT2D eigenvalue weighted by atomic mass is 10.2. The zero-order valence-corrected chi connectivity index (χ0v) is 16.7. The molecule has 2 aromatic carbocycles. The lowest BCUT2D eigenvalue weighted by Crippen LogP contribution is -2.27. The van der Waals surface area contributed by atoms with E-state index in [2.05, 4.69) is 0 Å². The van der Waals surface area contributed by atoms with Crippen molar-refractivity contribution in [3.8, 4) is 0 Å². The topological polar surface area (TPSA) is 85.7 Å². The van der Waals surface area contributed by atoms with Crippen molar-refractivity contribution < 1.29 is 22.7 Å². The fourth-order valence-corrected chi connectivity index (χ4v) is 5.12. The van der Waals surface area contributed by atoms with Gasteiger partial charge in [-0.25, -0.2) is 13.2 Å². The number of carbonyl (C=O) groups is 2. The van der Waals surface area contributed by atoms with E-state index in [0.717, 1.165) is 12.8 Å². The summed E-state index contributed by atoms with van der Waals surface area (Å²) in [6.45, 7) is 1.04. The van der Waals surface area contributed by atoms with Crippen LogP contribution in [0.15, 0.2) is 59.6 Å². The molecule has 29 heavy (non-hydrogen) atoms. The largest absolute Gasteiger partial charge is 0.465 e. The highest BCUT2D eigenvalue weighted by molar-refractivity contribution is 7.89. The lowest BCUT2D eigenvalue weighted by molar-refractivity contribution is 0.0603. The van der Waals surface area contributed by atoms with Crippen LogP contribution in [-0.2, 0) is 14.8 Å².